The number of hydrogen-bond donors (Lipinski definition) is 2. The summed E-state index contributed by atoms with van der Waals surface area (Å²) < 4.78 is 16.6. The highest BCUT2D eigenvalue weighted by molar-refractivity contribution is 5.93. The Morgan fingerprint density at radius 3 is 2.20 bits per heavy atom. The highest BCUT2D eigenvalue weighted by Gasteiger charge is 2.17. The van der Waals surface area contributed by atoms with Crippen molar-refractivity contribution in [3.8, 4) is 22.9 Å². The number of likely N-dealkylation sites (N-methyl/N-ethyl adjacent to an activating group) is 1. The molecule has 12 heteroatoms. The fourth-order valence-electron chi connectivity index (χ4n) is 5.26. The molecule has 0 unspecified atom stereocenters. The van der Waals surface area contributed by atoms with Crippen LogP contribution in [-0.4, -0.2) is 123 Å². The van der Waals surface area contributed by atoms with Gasteiger partial charge < -0.3 is 34.4 Å². The molecule has 2 aliphatic heterocycles. The van der Waals surface area contributed by atoms with Crippen molar-refractivity contribution in [1.29, 1.82) is 0 Å². The molecule has 0 atom stereocenters. The first-order chi connectivity index (χ1) is 21.9. The van der Waals surface area contributed by atoms with Gasteiger partial charge in [0.1, 0.15) is 5.82 Å². The van der Waals surface area contributed by atoms with Gasteiger partial charge in [0.25, 0.3) is 0 Å². The first kappa shape index (κ1) is 31.9. The Bertz CT molecular complexity index is 1540. The molecule has 2 N–H and O–H groups in total. The zero-order valence-electron chi connectivity index (χ0n) is 26.1. The molecule has 12 nitrogen and oxygen atoms in total. The number of carboxylic acid groups (broad SMARTS) is 1. The molecule has 0 spiro atoms. The molecule has 0 radical (unpaired) electrons. The van der Waals surface area contributed by atoms with Gasteiger partial charge in [-0.2, -0.15) is 0 Å². The summed E-state index contributed by atoms with van der Waals surface area (Å²) >= 11 is 0. The molecule has 0 amide bonds. The van der Waals surface area contributed by atoms with Gasteiger partial charge in [0, 0.05) is 87.5 Å². The number of carbonyl (C=O) groups is 1. The van der Waals surface area contributed by atoms with E-state index in [1.807, 2.05) is 12.1 Å². The van der Waals surface area contributed by atoms with Gasteiger partial charge in [-0.1, -0.05) is 0 Å². The maximum absolute atomic E-state index is 10.2. The number of nitrogens with one attached hydrogen (secondary N) is 1. The third-order valence-corrected chi connectivity index (χ3v) is 7.95. The van der Waals surface area contributed by atoms with Crippen LogP contribution in [0.2, 0.25) is 0 Å². The Morgan fingerprint density at radius 1 is 0.911 bits per heavy atom. The van der Waals surface area contributed by atoms with E-state index in [0.717, 1.165) is 87.9 Å². The Kier molecular flexibility index (Phi) is 11.0. The van der Waals surface area contributed by atoms with Gasteiger partial charge in [-0.15, -0.1) is 0 Å². The number of rotatable bonds is 9. The van der Waals surface area contributed by atoms with Gasteiger partial charge in [-0.3, -0.25) is 9.88 Å². The van der Waals surface area contributed by atoms with Crippen LogP contribution in [-0.2, 0) is 4.74 Å². The first-order valence-electron chi connectivity index (χ1n) is 15.1. The Balaban J connectivity index is 0.000000383. The predicted molar refractivity (Wildman–Crippen MR) is 175 cm³/mol. The van der Waals surface area contributed by atoms with Crippen LogP contribution in [0, 0.1) is 0 Å². The third-order valence-electron chi connectivity index (χ3n) is 7.95. The van der Waals surface area contributed by atoms with Crippen LogP contribution in [0.4, 0.5) is 11.5 Å². The minimum Gasteiger partial charge on any atom is -0.493 e. The number of ether oxygens (including phenoxy) is 3. The molecular weight excluding hydrogens is 574 g/mol. The van der Waals surface area contributed by atoms with Crippen molar-refractivity contribution >= 4 is 28.4 Å². The van der Waals surface area contributed by atoms with E-state index in [0.29, 0.717) is 17.3 Å². The molecule has 2 aromatic carbocycles. The van der Waals surface area contributed by atoms with Crippen molar-refractivity contribution in [3.05, 3.63) is 66.5 Å². The van der Waals surface area contributed by atoms with E-state index < -0.39 is 5.97 Å². The van der Waals surface area contributed by atoms with E-state index in [9.17, 15) is 4.79 Å². The third kappa shape index (κ3) is 8.35. The van der Waals surface area contributed by atoms with Crippen molar-refractivity contribution < 1.29 is 24.1 Å². The second kappa shape index (κ2) is 15.5. The molecule has 4 aromatic rings. The summed E-state index contributed by atoms with van der Waals surface area (Å²) in [5.41, 5.74) is 3.31. The normalized spacial score (nSPS) is 15.7. The largest absolute Gasteiger partial charge is 0.493 e. The lowest BCUT2D eigenvalue weighted by atomic mass is 10.1. The minimum absolute atomic E-state index is 0.269. The van der Waals surface area contributed by atoms with Gasteiger partial charge in [0.2, 0.25) is 0 Å². The SMILES string of the molecule is COc1cc2nc(-c3ccc(N4CCN(C)CC4)cc3)nc(NCCN3CCOCC3)c2cc1OC.O=C(O)c1ccncc1. The number of nitrogens with zero attached hydrogens (tertiary/aromatic N) is 6. The number of aromatic nitrogens is 3. The van der Waals surface area contributed by atoms with Crippen LogP contribution in [0.1, 0.15) is 10.4 Å². The molecule has 2 saturated heterocycles. The molecule has 2 fully saturated rings. The maximum Gasteiger partial charge on any atom is 0.335 e. The van der Waals surface area contributed by atoms with E-state index in [-0.39, 0.29) is 5.56 Å². The van der Waals surface area contributed by atoms with Gasteiger partial charge in [0.05, 0.1) is 38.5 Å². The van der Waals surface area contributed by atoms with Crippen molar-refractivity contribution in [2.75, 3.05) is 97.1 Å². The number of hydrogen-bond acceptors (Lipinski definition) is 11. The molecule has 45 heavy (non-hydrogen) atoms. The molecule has 0 bridgehead atoms. The maximum atomic E-state index is 10.2. The summed E-state index contributed by atoms with van der Waals surface area (Å²) in [5.74, 6) is 1.88. The summed E-state index contributed by atoms with van der Waals surface area (Å²) in [6.45, 7) is 9.47. The van der Waals surface area contributed by atoms with Crippen molar-refractivity contribution in [2.24, 2.45) is 0 Å². The monoisotopic (exact) mass is 615 g/mol. The lowest BCUT2D eigenvalue weighted by Crippen LogP contribution is -2.44. The van der Waals surface area contributed by atoms with Crippen molar-refractivity contribution in [3.63, 3.8) is 0 Å². The quantitative estimate of drug-likeness (QED) is 0.286. The average molecular weight is 616 g/mol. The Hall–Kier alpha value is -4.52. The molecule has 0 saturated carbocycles. The zero-order valence-corrected chi connectivity index (χ0v) is 26.1. The minimum atomic E-state index is -0.919. The number of methoxy groups -OCH3 is 2. The standard InChI is InChI=1S/C27H36N6O3.C6H5NO2/c1-31-10-12-33(13-11-31)21-6-4-20(5-7-21)26-29-23-19-25(35-3)24(34-2)18-22(23)27(30-26)28-8-9-32-14-16-36-17-15-32;8-6(9)5-1-3-7-4-2-5/h4-7,18-19H,8-17H2,1-3H3,(H,28,29,30);1-4H,(H,8,9). The Labute approximate surface area is 263 Å². The van der Waals surface area contributed by atoms with E-state index in [2.05, 4.69) is 56.3 Å². The van der Waals surface area contributed by atoms with Crippen molar-refractivity contribution in [2.45, 2.75) is 0 Å². The summed E-state index contributed by atoms with van der Waals surface area (Å²) in [6.07, 6.45) is 2.90. The lowest BCUT2D eigenvalue weighted by Gasteiger charge is -2.34. The number of morpholine rings is 1. The topological polar surface area (TPSA) is 125 Å². The average Bonchev–Trinajstić information content (AvgIpc) is 3.09. The summed E-state index contributed by atoms with van der Waals surface area (Å²) in [4.78, 5) is 30.9. The lowest BCUT2D eigenvalue weighted by molar-refractivity contribution is 0.0398. The number of anilines is 2. The zero-order chi connectivity index (χ0) is 31.6. The second-order valence-electron chi connectivity index (χ2n) is 10.9. The highest BCUT2D eigenvalue weighted by atomic mass is 16.5. The van der Waals surface area contributed by atoms with Crippen LogP contribution in [0.5, 0.6) is 11.5 Å². The first-order valence-corrected chi connectivity index (χ1v) is 15.1. The molecule has 238 valence electrons. The van der Waals surface area contributed by atoms with Gasteiger partial charge >= 0.3 is 5.97 Å². The van der Waals surface area contributed by atoms with Crippen LogP contribution >= 0.6 is 0 Å². The number of fused-ring (bicyclic) bond motifs is 1. The molecule has 6 rings (SSSR count). The smallest absolute Gasteiger partial charge is 0.335 e. The van der Waals surface area contributed by atoms with Gasteiger partial charge in [0.15, 0.2) is 17.3 Å². The molecule has 2 aromatic heterocycles. The number of aromatic carboxylic acids is 1. The number of benzene rings is 2. The van der Waals surface area contributed by atoms with Crippen LogP contribution in [0.15, 0.2) is 60.9 Å². The second-order valence-corrected chi connectivity index (χ2v) is 10.9. The molecular formula is C33H41N7O5. The number of piperazine rings is 1. The van der Waals surface area contributed by atoms with Gasteiger partial charge in [-0.05, 0) is 49.5 Å². The summed E-state index contributed by atoms with van der Waals surface area (Å²) in [5, 5.41) is 12.8. The van der Waals surface area contributed by atoms with E-state index >= 15 is 0 Å². The fraction of sp³-hybridized carbons (Fsp3) is 0.394. The molecule has 4 heterocycles. The molecule has 2 aliphatic rings. The van der Waals surface area contributed by atoms with Crippen molar-refractivity contribution in [1.82, 2.24) is 24.8 Å². The summed E-state index contributed by atoms with van der Waals surface area (Å²) in [6, 6.07) is 15.4. The number of pyridine rings is 1. The van der Waals surface area contributed by atoms with Crippen LogP contribution in [0.3, 0.4) is 0 Å². The van der Waals surface area contributed by atoms with E-state index in [4.69, 9.17) is 29.3 Å². The van der Waals surface area contributed by atoms with Gasteiger partial charge in [-0.25, -0.2) is 14.8 Å². The van der Waals surface area contributed by atoms with E-state index in [1.54, 1.807) is 14.2 Å². The summed E-state index contributed by atoms with van der Waals surface area (Å²) in [7, 11) is 5.46. The number of carboxylic acids is 1. The van der Waals surface area contributed by atoms with Crippen LogP contribution < -0.4 is 19.7 Å². The van der Waals surface area contributed by atoms with Crippen LogP contribution in [0.25, 0.3) is 22.3 Å². The fourth-order valence-corrected chi connectivity index (χ4v) is 5.26. The Morgan fingerprint density at radius 2 is 1.58 bits per heavy atom. The highest BCUT2D eigenvalue weighted by Crippen LogP contribution is 2.35. The predicted octanol–water partition coefficient (Wildman–Crippen LogP) is 3.59. The molecule has 0 aliphatic carbocycles. The van der Waals surface area contributed by atoms with E-state index in [1.165, 1.54) is 30.2 Å².